The van der Waals surface area contributed by atoms with Gasteiger partial charge in [0, 0.05) is 21.0 Å². The molecule has 2 aromatic rings. The Bertz CT molecular complexity index is 677. The molecule has 1 aromatic carbocycles. The number of hydrogen-bond acceptors (Lipinski definition) is 4. The highest BCUT2D eigenvalue weighted by Gasteiger charge is 2.21. The van der Waals surface area contributed by atoms with Gasteiger partial charge in [-0.1, -0.05) is 50.0 Å². The van der Waals surface area contributed by atoms with Gasteiger partial charge in [0.1, 0.15) is 6.61 Å². The number of halogens is 2. The van der Waals surface area contributed by atoms with Gasteiger partial charge in [0.25, 0.3) is 0 Å². The average molecular weight is 354 g/mol. The summed E-state index contributed by atoms with van der Waals surface area (Å²) in [6.07, 6.45) is 2.87. The molecule has 23 heavy (non-hydrogen) atoms. The van der Waals surface area contributed by atoms with E-state index in [4.69, 9.17) is 27.9 Å². The summed E-state index contributed by atoms with van der Waals surface area (Å²) in [5.74, 6) is 0.547. The first kappa shape index (κ1) is 17.5. The summed E-state index contributed by atoms with van der Waals surface area (Å²) in [6, 6.07) is 5.24. The van der Waals surface area contributed by atoms with Crippen LogP contribution in [0.1, 0.15) is 26.3 Å². The number of nitrogens with one attached hydrogen (secondary N) is 1. The molecule has 2 rings (SSSR count). The van der Waals surface area contributed by atoms with Gasteiger partial charge < -0.3 is 10.1 Å². The van der Waals surface area contributed by atoms with Gasteiger partial charge in [-0.2, -0.15) is 0 Å². The number of amides is 1. The van der Waals surface area contributed by atoms with E-state index < -0.39 is 5.41 Å². The molecular formula is C16H17Cl2N3O2. The van der Waals surface area contributed by atoms with Crippen LogP contribution in [0.2, 0.25) is 10.0 Å². The Morgan fingerprint density at radius 3 is 2.35 bits per heavy atom. The highest BCUT2D eigenvalue weighted by molar-refractivity contribution is 6.35. The standard InChI is InChI=1S/C16H17Cl2N3O2/c1-16(2,3)15(22)21-13-7-20-14(8-19-13)23-9-10-11(17)5-4-6-12(10)18/h4-8H,9H2,1-3H3,(H,19,21,22). The van der Waals surface area contributed by atoms with E-state index in [0.717, 1.165) is 0 Å². The predicted octanol–water partition coefficient (Wildman–Crippen LogP) is 4.35. The number of hydrogen-bond donors (Lipinski definition) is 1. The second-order valence-corrected chi connectivity index (χ2v) is 6.75. The summed E-state index contributed by atoms with van der Waals surface area (Å²) >= 11 is 12.1. The van der Waals surface area contributed by atoms with Crippen molar-refractivity contribution >= 4 is 34.9 Å². The molecule has 0 saturated heterocycles. The third-order valence-corrected chi connectivity index (χ3v) is 3.69. The van der Waals surface area contributed by atoms with E-state index in [1.54, 1.807) is 18.2 Å². The number of carbonyl (C=O) groups excluding carboxylic acids is 1. The maximum Gasteiger partial charge on any atom is 0.232 e. The second-order valence-electron chi connectivity index (χ2n) is 5.93. The Hall–Kier alpha value is -1.85. The van der Waals surface area contributed by atoms with Crippen molar-refractivity contribution in [3.8, 4) is 5.88 Å². The molecule has 1 aromatic heterocycles. The van der Waals surface area contributed by atoms with Crippen molar-refractivity contribution in [1.29, 1.82) is 0 Å². The second kappa shape index (κ2) is 7.15. The normalized spacial score (nSPS) is 11.2. The van der Waals surface area contributed by atoms with E-state index in [2.05, 4.69) is 15.3 Å². The Morgan fingerprint density at radius 2 is 1.83 bits per heavy atom. The fraction of sp³-hybridized carbons (Fsp3) is 0.312. The minimum absolute atomic E-state index is 0.136. The summed E-state index contributed by atoms with van der Waals surface area (Å²) in [6.45, 7) is 5.64. The van der Waals surface area contributed by atoms with E-state index in [-0.39, 0.29) is 12.5 Å². The molecular weight excluding hydrogens is 337 g/mol. The van der Waals surface area contributed by atoms with Crippen LogP contribution in [0.25, 0.3) is 0 Å². The van der Waals surface area contributed by atoms with Gasteiger partial charge in [-0.05, 0) is 12.1 Å². The maximum atomic E-state index is 11.9. The fourth-order valence-corrected chi connectivity index (χ4v) is 2.08. The molecule has 1 N–H and O–H groups in total. The van der Waals surface area contributed by atoms with E-state index in [9.17, 15) is 4.79 Å². The number of nitrogens with zero attached hydrogens (tertiary/aromatic N) is 2. The molecule has 1 heterocycles. The summed E-state index contributed by atoms with van der Waals surface area (Å²) in [5, 5.41) is 3.75. The van der Waals surface area contributed by atoms with Crippen LogP contribution in [0.5, 0.6) is 5.88 Å². The van der Waals surface area contributed by atoms with Gasteiger partial charge in [0.15, 0.2) is 5.82 Å². The zero-order valence-electron chi connectivity index (χ0n) is 13.1. The summed E-state index contributed by atoms with van der Waals surface area (Å²) in [5.41, 5.74) is 0.181. The Kier molecular flexibility index (Phi) is 5.44. The number of anilines is 1. The first-order valence-corrected chi connectivity index (χ1v) is 7.72. The SMILES string of the molecule is CC(C)(C)C(=O)Nc1cnc(OCc2c(Cl)cccc2Cl)cn1. The van der Waals surface area contributed by atoms with Crippen molar-refractivity contribution in [2.75, 3.05) is 5.32 Å². The van der Waals surface area contributed by atoms with E-state index in [1.165, 1.54) is 12.4 Å². The Labute approximate surface area is 145 Å². The van der Waals surface area contributed by atoms with Crippen molar-refractivity contribution < 1.29 is 9.53 Å². The molecule has 7 heteroatoms. The highest BCUT2D eigenvalue weighted by Crippen LogP contribution is 2.25. The van der Waals surface area contributed by atoms with Gasteiger partial charge >= 0.3 is 0 Å². The van der Waals surface area contributed by atoms with Gasteiger partial charge in [-0.25, -0.2) is 9.97 Å². The quantitative estimate of drug-likeness (QED) is 0.887. The van der Waals surface area contributed by atoms with Gasteiger partial charge in [0.05, 0.1) is 12.4 Å². The topological polar surface area (TPSA) is 64.1 Å². The molecule has 0 saturated carbocycles. The molecule has 0 spiro atoms. The minimum atomic E-state index is -0.502. The van der Waals surface area contributed by atoms with Crippen LogP contribution in [-0.2, 0) is 11.4 Å². The van der Waals surface area contributed by atoms with Crippen LogP contribution in [0, 0.1) is 5.41 Å². The summed E-state index contributed by atoms with van der Waals surface area (Å²) in [4.78, 5) is 20.1. The smallest absolute Gasteiger partial charge is 0.232 e. The highest BCUT2D eigenvalue weighted by atomic mass is 35.5. The molecule has 0 aliphatic carbocycles. The minimum Gasteiger partial charge on any atom is -0.472 e. The van der Waals surface area contributed by atoms with Crippen molar-refractivity contribution in [3.05, 3.63) is 46.2 Å². The molecule has 0 bridgehead atoms. The average Bonchev–Trinajstić information content (AvgIpc) is 2.47. The fourth-order valence-electron chi connectivity index (χ4n) is 1.58. The van der Waals surface area contributed by atoms with Crippen LogP contribution in [0.4, 0.5) is 5.82 Å². The van der Waals surface area contributed by atoms with Crippen LogP contribution >= 0.6 is 23.2 Å². The first-order chi connectivity index (χ1) is 10.8. The van der Waals surface area contributed by atoms with Gasteiger partial charge in [-0.15, -0.1) is 0 Å². The molecule has 1 amide bonds. The van der Waals surface area contributed by atoms with Gasteiger partial charge in [0.2, 0.25) is 11.8 Å². The third kappa shape index (κ3) is 4.81. The van der Waals surface area contributed by atoms with Crippen LogP contribution in [0.15, 0.2) is 30.6 Å². The lowest BCUT2D eigenvalue weighted by Crippen LogP contribution is -2.28. The molecule has 0 atom stereocenters. The molecule has 0 radical (unpaired) electrons. The first-order valence-electron chi connectivity index (χ1n) is 6.96. The van der Waals surface area contributed by atoms with Crippen LogP contribution in [0.3, 0.4) is 0 Å². The zero-order valence-corrected chi connectivity index (χ0v) is 14.6. The lowest BCUT2D eigenvalue weighted by Gasteiger charge is -2.17. The molecule has 5 nitrogen and oxygen atoms in total. The monoisotopic (exact) mass is 353 g/mol. The van der Waals surface area contributed by atoms with Crippen LogP contribution < -0.4 is 10.1 Å². The number of rotatable bonds is 4. The number of aromatic nitrogens is 2. The number of carbonyl (C=O) groups is 1. The maximum absolute atomic E-state index is 11.9. The van der Waals surface area contributed by atoms with E-state index >= 15 is 0 Å². The third-order valence-electron chi connectivity index (χ3n) is 2.98. The summed E-state index contributed by atoms with van der Waals surface area (Å²) < 4.78 is 5.53. The molecule has 0 aliphatic rings. The molecule has 0 fully saturated rings. The Morgan fingerprint density at radius 1 is 1.17 bits per heavy atom. The zero-order chi connectivity index (χ0) is 17.0. The Balaban J connectivity index is 1.99. The number of ether oxygens (including phenoxy) is 1. The molecule has 0 aliphatic heterocycles. The van der Waals surface area contributed by atoms with E-state index in [0.29, 0.717) is 27.3 Å². The largest absolute Gasteiger partial charge is 0.472 e. The van der Waals surface area contributed by atoms with Crippen molar-refractivity contribution in [3.63, 3.8) is 0 Å². The lowest BCUT2D eigenvalue weighted by molar-refractivity contribution is -0.123. The lowest BCUT2D eigenvalue weighted by atomic mass is 9.96. The van der Waals surface area contributed by atoms with Crippen molar-refractivity contribution in [2.45, 2.75) is 27.4 Å². The number of benzene rings is 1. The molecule has 122 valence electrons. The van der Waals surface area contributed by atoms with Crippen LogP contribution in [-0.4, -0.2) is 15.9 Å². The van der Waals surface area contributed by atoms with Crippen molar-refractivity contribution in [2.24, 2.45) is 5.41 Å². The van der Waals surface area contributed by atoms with Gasteiger partial charge in [-0.3, -0.25) is 4.79 Å². The predicted molar refractivity (Wildman–Crippen MR) is 90.9 cm³/mol. The van der Waals surface area contributed by atoms with Crippen molar-refractivity contribution in [1.82, 2.24) is 9.97 Å². The molecule has 0 unspecified atom stereocenters. The van der Waals surface area contributed by atoms with E-state index in [1.807, 2.05) is 20.8 Å². The summed E-state index contributed by atoms with van der Waals surface area (Å²) in [7, 11) is 0.